The molecule has 0 rings (SSSR count). The normalized spacial score (nSPS) is 12.2. The van der Waals surface area contributed by atoms with Crippen LogP contribution in [-0.2, 0) is 4.79 Å². The Morgan fingerprint density at radius 3 is 2.64 bits per heavy atom. The number of ketones is 1. The lowest BCUT2D eigenvalue weighted by atomic mass is 10.4. The third-order valence-corrected chi connectivity index (χ3v) is 0.920. The van der Waals surface area contributed by atoms with Crippen LogP contribution in [0.25, 0.3) is 0 Å². The Morgan fingerprint density at radius 2 is 2.09 bits per heavy atom. The molecule has 0 N–H and O–H groups in total. The van der Waals surface area contributed by atoms with Crippen LogP contribution < -0.4 is 0 Å². The number of nitrogens with zero attached hydrogens (tertiary/aromatic N) is 1. The average molecular weight is 151 g/mol. The van der Waals surface area contributed by atoms with Gasteiger partial charge < -0.3 is 0 Å². The minimum absolute atomic E-state index is 0.0840. The second kappa shape index (κ2) is 6.93. The highest BCUT2D eigenvalue weighted by Gasteiger charge is 1.83. The first-order chi connectivity index (χ1) is 5.27. The summed E-state index contributed by atoms with van der Waals surface area (Å²) in [6.45, 7) is 3.74. The van der Waals surface area contributed by atoms with Gasteiger partial charge in [-0.05, 0) is 19.9 Å². The average Bonchev–Trinajstić information content (AvgIpc) is 1.96. The number of aliphatic imine (C=N–C) groups is 1. The van der Waals surface area contributed by atoms with Crippen LogP contribution in [0.5, 0.6) is 0 Å². The summed E-state index contributed by atoms with van der Waals surface area (Å²) in [5.41, 5.74) is 0. The van der Waals surface area contributed by atoms with Gasteiger partial charge in [-0.1, -0.05) is 18.2 Å². The number of carbonyl (C=O) groups excluding carboxylic acids is 1. The molecule has 0 radical (unpaired) electrons. The molecule has 60 valence electrons. The largest absolute Gasteiger partial charge is 0.298 e. The number of allylic oxidation sites excluding steroid dienone is 4. The van der Waals surface area contributed by atoms with Gasteiger partial charge in [-0.25, -0.2) is 0 Å². The SMILES string of the molecule is C/C=C\C=C/C=NCC(C)=O. The van der Waals surface area contributed by atoms with Crippen molar-refractivity contribution in [3.63, 3.8) is 0 Å². The highest BCUT2D eigenvalue weighted by Crippen LogP contribution is 1.75. The molecule has 0 saturated heterocycles. The van der Waals surface area contributed by atoms with Crippen molar-refractivity contribution >= 4 is 12.0 Å². The summed E-state index contributed by atoms with van der Waals surface area (Å²) in [6.07, 6.45) is 9.11. The van der Waals surface area contributed by atoms with Crippen LogP contribution >= 0.6 is 0 Å². The molecule has 0 fully saturated rings. The summed E-state index contributed by atoms with van der Waals surface area (Å²) >= 11 is 0. The van der Waals surface area contributed by atoms with Gasteiger partial charge in [0.1, 0.15) is 0 Å². The third kappa shape index (κ3) is 8.82. The molecule has 2 nitrogen and oxygen atoms in total. The lowest BCUT2D eigenvalue weighted by Gasteiger charge is -1.80. The zero-order valence-electron chi connectivity index (χ0n) is 6.95. The molecule has 0 aromatic rings. The maximum absolute atomic E-state index is 10.4. The van der Waals surface area contributed by atoms with E-state index in [1.54, 1.807) is 12.3 Å². The summed E-state index contributed by atoms with van der Waals surface area (Å²) in [7, 11) is 0. The summed E-state index contributed by atoms with van der Waals surface area (Å²) in [6, 6.07) is 0. The fourth-order valence-electron chi connectivity index (χ4n) is 0.467. The van der Waals surface area contributed by atoms with Gasteiger partial charge in [-0.2, -0.15) is 0 Å². The van der Waals surface area contributed by atoms with Gasteiger partial charge >= 0.3 is 0 Å². The quantitative estimate of drug-likeness (QED) is 0.445. The zero-order valence-corrected chi connectivity index (χ0v) is 6.95. The Morgan fingerprint density at radius 1 is 1.36 bits per heavy atom. The van der Waals surface area contributed by atoms with Crippen LogP contribution in [0.3, 0.4) is 0 Å². The standard InChI is InChI=1S/C9H13NO/c1-3-4-5-6-7-10-8-9(2)11/h3-7H,8H2,1-2H3/b4-3-,6-5-,10-7?. The molecule has 0 bridgehead atoms. The fourth-order valence-corrected chi connectivity index (χ4v) is 0.467. The van der Waals surface area contributed by atoms with Gasteiger partial charge in [0.2, 0.25) is 0 Å². The van der Waals surface area contributed by atoms with E-state index in [1.807, 2.05) is 25.2 Å². The van der Waals surface area contributed by atoms with E-state index in [2.05, 4.69) is 4.99 Å². The van der Waals surface area contributed by atoms with E-state index in [4.69, 9.17) is 0 Å². The molecule has 0 amide bonds. The van der Waals surface area contributed by atoms with Crippen LogP contribution in [-0.4, -0.2) is 18.5 Å². The molecule has 0 aromatic carbocycles. The summed E-state index contributed by atoms with van der Waals surface area (Å²) in [4.78, 5) is 14.2. The van der Waals surface area contributed by atoms with Crippen LogP contribution in [0.15, 0.2) is 29.3 Å². The van der Waals surface area contributed by atoms with Gasteiger partial charge in [0.15, 0.2) is 5.78 Å². The van der Waals surface area contributed by atoms with Crippen LogP contribution in [0.4, 0.5) is 0 Å². The van der Waals surface area contributed by atoms with Gasteiger partial charge in [0.25, 0.3) is 0 Å². The van der Waals surface area contributed by atoms with Gasteiger partial charge in [0, 0.05) is 6.21 Å². The van der Waals surface area contributed by atoms with Gasteiger partial charge in [-0.3, -0.25) is 9.79 Å². The number of hydrogen-bond donors (Lipinski definition) is 0. The minimum Gasteiger partial charge on any atom is -0.298 e. The highest BCUT2D eigenvalue weighted by atomic mass is 16.1. The monoisotopic (exact) mass is 151 g/mol. The van der Waals surface area contributed by atoms with Crippen LogP contribution in [0, 0.1) is 0 Å². The highest BCUT2D eigenvalue weighted by molar-refractivity contribution is 5.81. The number of carbonyl (C=O) groups is 1. The first-order valence-electron chi connectivity index (χ1n) is 3.54. The van der Waals surface area contributed by atoms with E-state index in [1.165, 1.54) is 6.92 Å². The van der Waals surface area contributed by atoms with E-state index < -0.39 is 0 Å². The van der Waals surface area contributed by atoms with Crippen molar-refractivity contribution in [3.8, 4) is 0 Å². The van der Waals surface area contributed by atoms with E-state index in [9.17, 15) is 4.79 Å². The summed E-state index contributed by atoms with van der Waals surface area (Å²) in [5, 5.41) is 0. The lowest BCUT2D eigenvalue weighted by molar-refractivity contribution is -0.115. The Hall–Kier alpha value is -1.18. The smallest absolute Gasteiger partial charge is 0.151 e. The van der Waals surface area contributed by atoms with Crippen molar-refractivity contribution in [2.45, 2.75) is 13.8 Å². The number of hydrogen-bond acceptors (Lipinski definition) is 2. The zero-order chi connectivity index (χ0) is 8.53. The van der Waals surface area contributed by atoms with E-state index >= 15 is 0 Å². The Balaban J connectivity index is 3.51. The maximum Gasteiger partial charge on any atom is 0.151 e. The fraction of sp³-hybridized carbons (Fsp3) is 0.333. The summed E-state index contributed by atoms with van der Waals surface area (Å²) < 4.78 is 0. The van der Waals surface area contributed by atoms with E-state index in [0.717, 1.165) is 0 Å². The van der Waals surface area contributed by atoms with E-state index in [-0.39, 0.29) is 12.3 Å². The molecule has 2 heteroatoms. The molecule has 0 atom stereocenters. The molecular formula is C9H13NO. The van der Waals surface area contributed by atoms with Crippen molar-refractivity contribution in [1.29, 1.82) is 0 Å². The van der Waals surface area contributed by atoms with Crippen molar-refractivity contribution < 1.29 is 4.79 Å². The van der Waals surface area contributed by atoms with Crippen molar-refractivity contribution in [1.82, 2.24) is 0 Å². The second-order valence-corrected chi connectivity index (χ2v) is 2.10. The minimum atomic E-state index is 0.0840. The third-order valence-electron chi connectivity index (χ3n) is 0.920. The van der Waals surface area contributed by atoms with Crippen LogP contribution in [0.2, 0.25) is 0 Å². The Kier molecular flexibility index (Phi) is 6.19. The molecular weight excluding hydrogens is 138 g/mol. The number of Topliss-reactive ketones (excluding diaryl/α,β-unsaturated/α-hetero) is 1. The van der Waals surface area contributed by atoms with Gasteiger partial charge in [-0.15, -0.1) is 0 Å². The maximum atomic E-state index is 10.4. The molecule has 0 aliphatic heterocycles. The van der Waals surface area contributed by atoms with Gasteiger partial charge in [0.05, 0.1) is 6.54 Å². The van der Waals surface area contributed by atoms with Crippen molar-refractivity contribution in [2.24, 2.45) is 4.99 Å². The van der Waals surface area contributed by atoms with Crippen LogP contribution in [0.1, 0.15) is 13.8 Å². The second-order valence-electron chi connectivity index (χ2n) is 2.10. The molecule has 0 aromatic heterocycles. The molecule has 0 saturated carbocycles. The first kappa shape index (κ1) is 9.82. The van der Waals surface area contributed by atoms with E-state index in [0.29, 0.717) is 0 Å². The molecule has 11 heavy (non-hydrogen) atoms. The molecule has 0 unspecified atom stereocenters. The summed E-state index contributed by atoms with van der Waals surface area (Å²) in [5.74, 6) is 0.0840. The topological polar surface area (TPSA) is 29.4 Å². The van der Waals surface area contributed by atoms with Crippen molar-refractivity contribution in [3.05, 3.63) is 24.3 Å². The Bertz CT molecular complexity index is 190. The molecule has 0 aliphatic carbocycles. The lowest BCUT2D eigenvalue weighted by Crippen LogP contribution is -1.93. The first-order valence-corrected chi connectivity index (χ1v) is 3.54. The molecule has 0 spiro atoms. The van der Waals surface area contributed by atoms with Crippen molar-refractivity contribution in [2.75, 3.05) is 6.54 Å². The number of rotatable bonds is 4. The Labute approximate surface area is 67.3 Å². The molecule has 0 aliphatic rings. The predicted molar refractivity (Wildman–Crippen MR) is 48.0 cm³/mol. The molecule has 0 heterocycles. The predicted octanol–water partition coefficient (Wildman–Crippen LogP) is 1.78.